The molecule has 2 amide bonds. The maximum Gasteiger partial charge on any atom is 0.290 e. The lowest BCUT2D eigenvalue weighted by Crippen LogP contribution is -2.38. The van der Waals surface area contributed by atoms with Gasteiger partial charge in [-0.1, -0.05) is 25.0 Å². The highest BCUT2D eigenvalue weighted by molar-refractivity contribution is 5.97. The predicted octanol–water partition coefficient (Wildman–Crippen LogP) is 2.47. The molecule has 0 saturated heterocycles. The number of unbranched alkanes of at least 4 members (excludes halogenated alkanes) is 1. The Morgan fingerprint density at radius 2 is 2.05 bits per heavy atom. The van der Waals surface area contributed by atoms with Gasteiger partial charge in [-0.2, -0.15) is 0 Å². The summed E-state index contributed by atoms with van der Waals surface area (Å²) in [4.78, 5) is 25.0. The molecule has 0 spiro atoms. The monoisotopic (exact) mass is 288 g/mol. The van der Waals surface area contributed by atoms with E-state index in [1.165, 1.54) is 4.90 Å². The summed E-state index contributed by atoms with van der Waals surface area (Å²) in [5.41, 5.74) is 6.98. The molecule has 0 bridgehead atoms. The number of amides is 2. The molecule has 0 atom stereocenters. The number of primary amides is 1. The maximum absolute atomic E-state index is 12.5. The predicted molar refractivity (Wildman–Crippen MR) is 81.0 cm³/mol. The van der Waals surface area contributed by atoms with Crippen LogP contribution in [0.25, 0.3) is 11.0 Å². The molecule has 2 rings (SSSR count). The van der Waals surface area contributed by atoms with Crippen molar-refractivity contribution < 1.29 is 14.0 Å². The highest BCUT2D eigenvalue weighted by atomic mass is 16.3. The Bertz CT molecular complexity index is 661. The zero-order valence-electron chi connectivity index (χ0n) is 12.4. The van der Waals surface area contributed by atoms with Crippen LogP contribution in [0, 0.1) is 6.92 Å². The van der Waals surface area contributed by atoms with E-state index >= 15 is 0 Å². The number of nitrogens with zero attached hydrogens (tertiary/aromatic N) is 1. The Kier molecular flexibility index (Phi) is 4.62. The van der Waals surface area contributed by atoms with Crippen molar-refractivity contribution in [1.29, 1.82) is 0 Å². The van der Waals surface area contributed by atoms with E-state index in [0.717, 1.165) is 23.8 Å². The van der Waals surface area contributed by atoms with Crippen LogP contribution in [0.1, 0.15) is 35.9 Å². The number of carbonyl (C=O) groups excluding carboxylic acids is 2. The van der Waals surface area contributed by atoms with Crippen LogP contribution in [0.5, 0.6) is 0 Å². The van der Waals surface area contributed by atoms with Gasteiger partial charge in [0.05, 0.1) is 6.54 Å². The molecule has 0 aliphatic heterocycles. The van der Waals surface area contributed by atoms with E-state index in [2.05, 4.69) is 0 Å². The molecule has 0 saturated carbocycles. The summed E-state index contributed by atoms with van der Waals surface area (Å²) in [5, 5.41) is 0.882. The molecule has 5 heteroatoms. The van der Waals surface area contributed by atoms with Gasteiger partial charge in [-0.3, -0.25) is 9.59 Å². The molecule has 0 aliphatic carbocycles. The van der Waals surface area contributed by atoms with Gasteiger partial charge in [0.2, 0.25) is 5.91 Å². The minimum Gasteiger partial charge on any atom is -0.451 e. The second-order valence-corrected chi connectivity index (χ2v) is 5.20. The van der Waals surface area contributed by atoms with E-state index < -0.39 is 5.91 Å². The molecule has 21 heavy (non-hydrogen) atoms. The second kappa shape index (κ2) is 6.43. The summed E-state index contributed by atoms with van der Waals surface area (Å²) in [6, 6.07) is 7.44. The molecule has 112 valence electrons. The summed E-state index contributed by atoms with van der Waals surface area (Å²) in [6.45, 7) is 4.41. The first kappa shape index (κ1) is 15.1. The molecule has 0 unspecified atom stereocenters. The van der Waals surface area contributed by atoms with Crippen LogP contribution in [-0.4, -0.2) is 29.8 Å². The van der Waals surface area contributed by atoms with Crippen molar-refractivity contribution in [1.82, 2.24) is 4.90 Å². The number of benzene rings is 1. The third-order valence-corrected chi connectivity index (χ3v) is 3.30. The molecule has 0 radical (unpaired) electrons. The van der Waals surface area contributed by atoms with Crippen molar-refractivity contribution in [2.75, 3.05) is 13.1 Å². The Balaban J connectivity index is 2.26. The van der Waals surface area contributed by atoms with Gasteiger partial charge in [0.1, 0.15) is 5.58 Å². The number of aryl methyl sites for hydroxylation is 1. The van der Waals surface area contributed by atoms with Gasteiger partial charge in [0.25, 0.3) is 5.91 Å². The normalized spacial score (nSPS) is 10.8. The zero-order valence-corrected chi connectivity index (χ0v) is 12.4. The van der Waals surface area contributed by atoms with Crippen molar-refractivity contribution >= 4 is 22.8 Å². The van der Waals surface area contributed by atoms with Gasteiger partial charge in [0, 0.05) is 11.9 Å². The first-order valence-corrected chi connectivity index (χ1v) is 7.09. The third kappa shape index (κ3) is 3.62. The molecule has 5 nitrogen and oxygen atoms in total. The molecule has 1 aromatic heterocycles. The lowest BCUT2D eigenvalue weighted by Gasteiger charge is -2.19. The molecule has 2 N–H and O–H groups in total. The minimum absolute atomic E-state index is 0.0884. The van der Waals surface area contributed by atoms with Crippen molar-refractivity contribution in [3.8, 4) is 0 Å². The average Bonchev–Trinajstić information content (AvgIpc) is 2.85. The SMILES string of the molecule is CCCCN(CC(N)=O)C(=O)c1cc2cc(C)ccc2o1. The van der Waals surface area contributed by atoms with Crippen LogP contribution in [0.15, 0.2) is 28.7 Å². The van der Waals surface area contributed by atoms with E-state index in [-0.39, 0.29) is 18.2 Å². The summed E-state index contributed by atoms with van der Waals surface area (Å²) in [5.74, 6) is -0.574. The average molecular weight is 288 g/mol. The highest BCUT2D eigenvalue weighted by Crippen LogP contribution is 2.21. The Morgan fingerprint density at radius 3 is 2.71 bits per heavy atom. The lowest BCUT2D eigenvalue weighted by molar-refractivity contribution is -0.118. The minimum atomic E-state index is -0.522. The smallest absolute Gasteiger partial charge is 0.290 e. The Labute approximate surface area is 123 Å². The first-order valence-electron chi connectivity index (χ1n) is 7.09. The van der Waals surface area contributed by atoms with E-state index in [1.807, 2.05) is 32.0 Å². The van der Waals surface area contributed by atoms with Crippen LogP contribution < -0.4 is 5.73 Å². The van der Waals surface area contributed by atoms with E-state index in [9.17, 15) is 9.59 Å². The van der Waals surface area contributed by atoms with Gasteiger partial charge in [0.15, 0.2) is 5.76 Å². The topological polar surface area (TPSA) is 76.5 Å². The summed E-state index contributed by atoms with van der Waals surface area (Å²) in [7, 11) is 0. The standard InChI is InChI=1S/C16H20N2O3/c1-3-4-7-18(10-15(17)19)16(20)14-9-12-8-11(2)5-6-13(12)21-14/h5-6,8-9H,3-4,7,10H2,1-2H3,(H2,17,19). The number of carbonyl (C=O) groups is 2. The number of furan rings is 1. The Hall–Kier alpha value is -2.30. The van der Waals surface area contributed by atoms with Crippen molar-refractivity contribution in [2.24, 2.45) is 5.73 Å². The molecule has 2 aromatic rings. The molecule has 1 aromatic carbocycles. The largest absolute Gasteiger partial charge is 0.451 e. The fourth-order valence-corrected chi connectivity index (χ4v) is 2.21. The van der Waals surface area contributed by atoms with Crippen molar-refractivity contribution in [2.45, 2.75) is 26.7 Å². The fourth-order valence-electron chi connectivity index (χ4n) is 2.21. The van der Waals surface area contributed by atoms with Crippen LogP contribution >= 0.6 is 0 Å². The van der Waals surface area contributed by atoms with Crippen LogP contribution in [0.3, 0.4) is 0 Å². The third-order valence-electron chi connectivity index (χ3n) is 3.30. The fraction of sp³-hybridized carbons (Fsp3) is 0.375. The second-order valence-electron chi connectivity index (χ2n) is 5.20. The lowest BCUT2D eigenvalue weighted by atomic mass is 10.2. The maximum atomic E-state index is 12.5. The number of fused-ring (bicyclic) bond motifs is 1. The molecular weight excluding hydrogens is 268 g/mol. The van der Waals surface area contributed by atoms with Gasteiger partial charge in [-0.05, 0) is 31.5 Å². The highest BCUT2D eigenvalue weighted by Gasteiger charge is 2.21. The Morgan fingerprint density at radius 1 is 1.29 bits per heavy atom. The van der Waals surface area contributed by atoms with Crippen molar-refractivity contribution in [3.05, 3.63) is 35.6 Å². The zero-order chi connectivity index (χ0) is 15.4. The van der Waals surface area contributed by atoms with Gasteiger partial charge >= 0.3 is 0 Å². The number of hydrogen-bond donors (Lipinski definition) is 1. The van der Waals surface area contributed by atoms with Gasteiger partial charge in [-0.25, -0.2) is 0 Å². The molecular formula is C16H20N2O3. The van der Waals surface area contributed by atoms with E-state index in [4.69, 9.17) is 10.2 Å². The molecule has 0 aliphatic rings. The van der Waals surface area contributed by atoms with Crippen LogP contribution in [0.2, 0.25) is 0 Å². The van der Waals surface area contributed by atoms with E-state index in [0.29, 0.717) is 12.1 Å². The number of nitrogens with two attached hydrogens (primary N) is 1. The molecule has 0 fully saturated rings. The van der Waals surface area contributed by atoms with Crippen molar-refractivity contribution in [3.63, 3.8) is 0 Å². The van der Waals surface area contributed by atoms with Gasteiger partial charge < -0.3 is 15.1 Å². The first-order chi connectivity index (χ1) is 10.0. The quantitative estimate of drug-likeness (QED) is 0.887. The van der Waals surface area contributed by atoms with E-state index in [1.54, 1.807) is 6.07 Å². The van der Waals surface area contributed by atoms with Crippen LogP contribution in [-0.2, 0) is 4.79 Å². The number of rotatable bonds is 6. The summed E-state index contributed by atoms with van der Waals surface area (Å²) >= 11 is 0. The number of hydrogen-bond acceptors (Lipinski definition) is 3. The molecule has 1 heterocycles. The van der Waals surface area contributed by atoms with Gasteiger partial charge in [-0.15, -0.1) is 0 Å². The summed E-state index contributed by atoms with van der Waals surface area (Å²) < 4.78 is 5.58. The summed E-state index contributed by atoms with van der Waals surface area (Å²) in [6.07, 6.45) is 1.75. The van der Waals surface area contributed by atoms with Crippen LogP contribution in [0.4, 0.5) is 0 Å².